The van der Waals surface area contributed by atoms with Crippen LogP contribution in [0.4, 0.5) is 5.82 Å². The van der Waals surface area contributed by atoms with Gasteiger partial charge in [-0.15, -0.1) is 10.7 Å². The number of carbonyl (C=O) groups is 1. The summed E-state index contributed by atoms with van der Waals surface area (Å²) in [4.78, 5) is 18.1. The molecule has 0 bridgehead atoms. The molecule has 1 aliphatic rings. The molecule has 1 aliphatic heterocycles. The van der Waals surface area contributed by atoms with Crippen molar-refractivity contribution < 1.29 is 13.3 Å². The van der Waals surface area contributed by atoms with E-state index < -0.39 is 16.7 Å². The van der Waals surface area contributed by atoms with E-state index in [0.29, 0.717) is 25.3 Å². The van der Waals surface area contributed by atoms with E-state index in [4.69, 9.17) is 10.0 Å². The quantitative estimate of drug-likeness (QED) is 0.476. The highest BCUT2D eigenvalue weighted by molar-refractivity contribution is 7.77. The molecule has 1 unspecified atom stereocenters. The van der Waals surface area contributed by atoms with Crippen molar-refractivity contribution in [2.45, 2.75) is 19.0 Å². The maximum Gasteiger partial charge on any atom is 0.242 e. The first-order valence-electron chi connectivity index (χ1n) is 7.11. The van der Waals surface area contributed by atoms with Crippen molar-refractivity contribution in [1.82, 2.24) is 15.4 Å². The number of carbonyl (C=O) groups excluding carboxylic acids is 1. The number of nitrogen functional groups attached to an aromatic ring is 1. The van der Waals surface area contributed by atoms with Crippen LogP contribution in [0.3, 0.4) is 0 Å². The number of pyridine rings is 1. The number of anilines is 1. The summed E-state index contributed by atoms with van der Waals surface area (Å²) in [6, 6.07) is 7.29. The minimum absolute atomic E-state index is 0.0882. The summed E-state index contributed by atoms with van der Waals surface area (Å²) in [5.74, 6) is 3.58. The number of hydroxylamine groups is 1. The standard InChI is InChI=1S/C15H17N4O3S/c1-23(21)22-18-13-5-7-19(15(13)20)9-10-2-3-11-4-6-17-14(16)12(11)8-10/h2-4,6,8,13,18H,1,5,7,9H2,(H2,16,17)/q-1. The number of likely N-dealkylation sites (tertiary alicyclic amines) is 1. The number of benzene rings is 1. The molecular formula is C15H17N4O3S-. The highest BCUT2D eigenvalue weighted by Gasteiger charge is 2.31. The third kappa shape index (κ3) is 3.44. The first kappa shape index (κ1) is 15.7. The molecule has 2 heterocycles. The Morgan fingerprint density at radius 2 is 2.30 bits per heavy atom. The molecular weight excluding hydrogens is 316 g/mol. The molecule has 1 aromatic carbocycles. The van der Waals surface area contributed by atoms with Crippen molar-refractivity contribution in [3.63, 3.8) is 0 Å². The van der Waals surface area contributed by atoms with Crippen LogP contribution in [0.1, 0.15) is 12.0 Å². The molecule has 8 heteroatoms. The van der Waals surface area contributed by atoms with Gasteiger partial charge in [-0.2, -0.15) is 5.87 Å². The van der Waals surface area contributed by atoms with Gasteiger partial charge in [0.1, 0.15) is 11.9 Å². The highest BCUT2D eigenvalue weighted by atomic mass is 32.2. The van der Waals surface area contributed by atoms with Crippen LogP contribution in [0.2, 0.25) is 0 Å². The smallest absolute Gasteiger partial charge is 0.242 e. The second kappa shape index (κ2) is 6.53. The predicted octanol–water partition coefficient (Wildman–Crippen LogP) is 0.750. The summed E-state index contributed by atoms with van der Waals surface area (Å²) in [5, 5.41) is 1.89. The third-order valence-electron chi connectivity index (χ3n) is 3.82. The van der Waals surface area contributed by atoms with Crippen LogP contribution >= 0.6 is 0 Å². The summed E-state index contributed by atoms with van der Waals surface area (Å²) in [6.07, 6.45) is 2.26. The van der Waals surface area contributed by atoms with Gasteiger partial charge in [-0.1, -0.05) is 12.1 Å². The average Bonchev–Trinajstić information content (AvgIpc) is 2.87. The molecule has 0 radical (unpaired) electrons. The van der Waals surface area contributed by atoms with E-state index in [1.807, 2.05) is 24.3 Å². The molecule has 3 N–H and O–H groups in total. The molecule has 2 aromatic rings. The van der Waals surface area contributed by atoms with E-state index in [1.165, 1.54) is 0 Å². The van der Waals surface area contributed by atoms with Gasteiger partial charge in [-0.25, -0.2) is 10.5 Å². The van der Waals surface area contributed by atoms with Crippen LogP contribution < -0.4 is 11.2 Å². The van der Waals surface area contributed by atoms with Gasteiger partial charge in [0.25, 0.3) is 0 Å². The van der Waals surface area contributed by atoms with Crippen molar-refractivity contribution in [3.8, 4) is 0 Å². The number of nitrogens with zero attached hydrogens (tertiary/aromatic N) is 2. The Morgan fingerprint density at radius 1 is 1.48 bits per heavy atom. The zero-order valence-corrected chi connectivity index (χ0v) is 13.2. The number of fused-ring (bicyclic) bond motifs is 1. The van der Waals surface area contributed by atoms with Crippen LogP contribution in [-0.2, 0) is 30.5 Å². The second-order valence-electron chi connectivity index (χ2n) is 5.36. The van der Waals surface area contributed by atoms with E-state index in [2.05, 4.69) is 16.3 Å². The Balaban J connectivity index is 1.72. The maximum absolute atomic E-state index is 12.3. The lowest BCUT2D eigenvalue weighted by Crippen LogP contribution is -2.37. The van der Waals surface area contributed by atoms with Gasteiger partial charge in [0.2, 0.25) is 5.91 Å². The Hall–Kier alpha value is -2.16. The van der Waals surface area contributed by atoms with Gasteiger partial charge in [-0.3, -0.25) is 4.79 Å². The molecule has 1 atom stereocenters. The number of rotatable bonds is 5. The SMILES string of the molecule is C=[S-](=O)ONC1CCN(Cc2ccc3ccnc(N)c3c2)C1=O. The third-order valence-corrected chi connectivity index (χ3v) is 4.10. The number of amides is 1. The lowest BCUT2D eigenvalue weighted by Gasteiger charge is -2.18. The van der Waals surface area contributed by atoms with Gasteiger partial charge in [0, 0.05) is 24.7 Å². The van der Waals surface area contributed by atoms with E-state index in [0.717, 1.165) is 16.3 Å². The molecule has 7 nitrogen and oxygen atoms in total. The van der Waals surface area contributed by atoms with Crippen LogP contribution in [0, 0.1) is 0 Å². The number of hydrogen-bond acceptors (Lipinski definition) is 7. The highest BCUT2D eigenvalue weighted by Crippen LogP contribution is 2.22. The zero-order chi connectivity index (χ0) is 16.4. The predicted molar refractivity (Wildman–Crippen MR) is 89.4 cm³/mol. The van der Waals surface area contributed by atoms with Crippen molar-refractivity contribution in [2.75, 3.05) is 12.3 Å². The Kier molecular flexibility index (Phi) is 4.46. The minimum Gasteiger partial charge on any atom is -0.435 e. The molecule has 1 amide bonds. The van der Waals surface area contributed by atoms with Gasteiger partial charge < -0.3 is 19.1 Å². The van der Waals surface area contributed by atoms with Crippen molar-refractivity contribution in [3.05, 3.63) is 36.0 Å². The molecule has 122 valence electrons. The van der Waals surface area contributed by atoms with Gasteiger partial charge in [0.15, 0.2) is 0 Å². The molecule has 3 rings (SSSR count). The lowest BCUT2D eigenvalue weighted by molar-refractivity contribution is -0.131. The largest absolute Gasteiger partial charge is 0.435 e. The molecule has 23 heavy (non-hydrogen) atoms. The van der Waals surface area contributed by atoms with Crippen LogP contribution in [-0.4, -0.2) is 34.2 Å². The first-order valence-corrected chi connectivity index (χ1v) is 8.35. The molecule has 0 aliphatic carbocycles. The minimum atomic E-state index is -1.70. The summed E-state index contributed by atoms with van der Waals surface area (Å²) in [7, 11) is -1.70. The van der Waals surface area contributed by atoms with Crippen molar-refractivity contribution in [2.24, 2.45) is 0 Å². The van der Waals surface area contributed by atoms with Crippen LogP contribution in [0.15, 0.2) is 30.5 Å². The fourth-order valence-corrected chi connectivity index (χ4v) is 2.90. The van der Waals surface area contributed by atoms with E-state index in [1.54, 1.807) is 11.1 Å². The van der Waals surface area contributed by atoms with E-state index in [-0.39, 0.29) is 5.91 Å². The normalized spacial score (nSPS) is 18.2. The fraction of sp³-hybridized carbons (Fsp3) is 0.267. The summed E-state index contributed by atoms with van der Waals surface area (Å²) < 4.78 is 15.5. The van der Waals surface area contributed by atoms with Gasteiger partial charge >= 0.3 is 0 Å². The molecule has 0 spiro atoms. The number of nitrogens with one attached hydrogen (secondary N) is 1. The summed E-state index contributed by atoms with van der Waals surface area (Å²) in [6.45, 7) is 1.08. The first-order chi connectivity index (χ1) is 11.0. The average molecular weight is 333 g/mol. The Bertz CT molecular complexity index is 813. The fourth-order valence-electron chi connectivity index (χ4n) is 2.67. The Labute approximate surface area is 135 Å². The van der Waals surface area contributed by atoms with Crippen LogP contribution in [0.5, 0.6) is 0 Å². The second-order valence-corrected chi connectivity index (χ2v) is 6.13. The van der Waals surface area contributed by atoms with Crippen molar-refractivity contribution >= 4 is 39.0 Å². The number of hydrogen-bond donors (Lipinski definition) is 2. The van der Waals surface area contributed by atoms with Crippen molar-refractivity contribution in [1.29, 1.82) is 0 Å². The monoisotopic (exact) mass is 333 g/mol. The lowest BCUT2D eigenvalue weighted by atomic mass is 10.1. The Morgan fingerprint density at radius 3 is 3.09 bits per heavy atom. The molecule has 1 fully saturated rings. The number of aromatic nitrogens is 1. The summed E-state index contributed by atoms with van der Waals surface area (Å²) >= 11 is 0. The zero-order valence-electron chi connectivity index (χ0n) is 12.4. The maximum atomic E-state index is 12.3. The molecule has 0 saturated carbocycles. The summed E-state index contributed by atoms with van der Waals surface area (Å²) in [5.41, 5.74) is 9.38. The molecule has 1 saturated heterocycles. The van der Waals surface area contributed by atoms with E-state index in [9.17, 15) is 9.00 Å². The van der Waals surface area contributed by atoms with Crippen LogP contribution in [0.25, 0.3) is 10.8 Å². The van der Waals surface area contributed by atoms with E-state index >= 15 is 0 Å². The van der Waals surface area contributed by atoms with Gasteiger partial charge in [0.05, 0.1) is 0 Å². The number of nitrogens with two attached hydrogens (primary N) is 1. The van der Waals surface area contributed by atoms with Gasteiger partial charge in [-0.05, 0) is 29.5 Å². The molecule has 1 aromatic heterocycles. The topological polar surface area (TPSA) is 97.6 Å².